The monoisotopic (exact) mass is 614 g/mol. The molecule has 0 saturated carbocycles. The highest BCUT2D eigenvalue weighted by molar-refractivity contribution is 5.32. The van der Waals surface area contributed by atoms with Gasteiger partial charge in [0, 0.05) is 5.41 Å². The molecule has 1 N–H and O–H groups in total. The first-order valence-electron chi connectivity index (χ1n) is 19.3. The van der Waals surface area contributed by atoms with E-state index in [2.05, 4.69) is 103 Å². The van der Waals surface area contributed by atoms with Crippen LogP contribution < -0.4 is 4.57 Å². The van der Waals surface area contributed by atoms with Crippen molar-refractivity contribution in [2.75, 3.05) is 0 Å². The molecule has 0 aliphatic heterocycles. The van der Waals surface area contributed by atoms with E-state index in [1.807, 2.05) is 0 Å². The Morgan fingerprint density at radius 3 is 1.58 bits per heavy atom. The van der Waals surface area contributed by atoms with Gasteiger partial charge in [0.2, 0.25) is 0 Å². The van der Waals surface area contributed by atoms with E-state index in [0.717, 1.165) is 13.0 Å². The number of nitrogens with zero attached hydrogens (tertiary/aromatic N) is 1. The Morgan fingerprint density at radius 1 is 0.578 bits per heavy atom. The number of aromatic nitrogens is 2. The van der Waals surface area contributed by atoms with Gasteiger partial charge in [0.05, 0.1) is 12.5 Å². The van der Waals surface area contributed by atoms with Crippen LogP contribution in [-0.2, 0) is 18.4 Å². The summed E-state index contributed by atoms with van der Waals surface area (Å²) in [5.74, 6) is 1.87. The van der Waals surface area contributed by atoms with E-state index in [9.17, 15) is 0 Å². The van der Waals surface area contributed by atoms with Gasteiger partial charge in [0.15, 0.2) is 0 Å². The van der Waals surface area contributed by atoms with Crippen molar-refractivity contribution < 1.29 is 4.57 Å². The van der Waals surface area contributed by atoms with Crippen LogP contribution in [0.15, 0.2) is 73.1 Å². The van der Waals surface area contributed by atoms with Gasteiger partial charge in [0.1, 0.15) is 12.4 Å². The van der Waals surface area contributed by atoms with Gasteiger partial charge in [-0.1, -0.05) is 197 Å². The van der Waals surface area contributed by atoms with Crippen LogP contribution in [0.3, 0.4) is 0 Å². The quantitative estimate of drug-likeness (QED) is 0.0652. The van der Waals surface area contributed by atoms with E-state index >= 15 is 0 Å². The minimum Gasteiger partial charge on any atom is -0.247 e. The lowest BCUT2D eigenvalue weighted by Crippen LogP contribution is -2.43. The molecule has 250 valence electrons. The van der Waals surface area contributed by atoms with Crippen molar-refractivity contribution in [3.63, 3.8) is 0 Å². The standard InChI is InChI=1S/C43H68N2/c1-4-6-8-10-12-13-14-15-16-17-18-19-20-28-34-41(42-44-35-37-45(42)36-29-21-11-9-7-5-2)43(3,40-32-26-23-27-33-40)38-39-30-24-22-25-31-39/h22-27,30-33,35,37,41H,4-21,28-29,34,36,38H2,1-3H3/p+1. The summed E-state index contributed by atoms with van der Waals surface area (Å²) in [5.41, 5.74) is 2.90. The number of nitrogens with one attached hydrogen (secondary N) is 1. The lowest BCUT2D eigenvalue weighted by atomic mass is 9.66. The second kappa shape index (κ2) is 23.0. The van der Waals surface area contributed by atoms with Crippen LogP contribution in [0.2, 0.25) is 0 Å². The molecule has 3 rings (SSSR count). The average Bonchev–Trinajstić information content (AvgIpc) is 3.53. The van der Waals surface area contributed by atoms with Crippen LogP contribution in [0, 0.1) is 0 Å². The van der Waals surface area contributed by atoms with Crippen molar-refractivity contribution in [2.45, 2.75) is 180 Å². The predicted molar refractivity (Wildman–Crippen MR) is 196 cm³/mol. The maximum absolute atomic E-state index is 3.79. The number of aryl methyl sites for hydroxylation is 1. The zero-order chi connectivity index (χ0) is 31.8. The van der Waals surface area contributed by atoms with Crippen molar-refractivity contribution in [1.82, 2.24) is 4.98 Å². The molecule has 0 spiro atoms. The van der Waals surface area contributed by atoms with Crippen LogP contribution in [0.25, 0.3) is 0 Å². The minimum absolute atomic E-state index is 0.00683. The summed E-state index contributed by atoms with van der Waals surface area (Å²) in [6, 6.07) is 22.6. The maximum atomic E-state index is 3.79. The molecular formula is C43H69N2+. The highest BCUT2D eigenvalue weighted by Gasteiger charge is 2.41. The van der Waals surface area contributed by atoms with Gasteiger partial charge in [-0.25, -0.2) is 9.55 Å². The normalized spacial score (nSPS) is 13.6. The lowest BCUT2D eigenvalue weighted by molar-refractivity contribution is -0.705. The molecule has 1 heterocycles. The lowest BCUT2D eigenvalue weighted by Gasteiger charge is -2.37. The number of hydrogen-bond acceptors (Lipinski definition) is 0. The summed E-state index contributed by atoms with van der Waals surface area (Å²) in [6.45, 7) is 8.27. The van der Waals surface area contributed by atoms with Crippen LogP contribution in [0.4, 0.5) is 0 Å². The molecule has 0 radical (unpaired) electrons. The topological polar surface area (TPSA) is 19.7 Å². The average molecular weight is 614 g/mol. The summed E-state index contributed by atoms with van der Waals surface area (Å²) in [6.07, 6.45) is 34.6. The van der Waals surface area contributed by atoms with E-state index in [-0.39, 0.29) is 5.41 Å². The summed E-state index contributed by atoms with van der Waals surface area (Å²) in [4.78, 5) is 3.79. The van der Waals surface area contributed by atoms with Gasteiger partial charge >= 0.3 is 0 Å². The molecule has 0 aliphatic rings. The first kappa shape index (κ1) is 37.1. The Kier molecular flexibility index (Phi) is 19.0. The molecule has 0 aliphatic carbocycles. The van der Waals surface area contributed by atoms with E-state index in [1.165, 1.54) is 152 Å². The Morgan fingerprint density at radius 2 is 1.04 bits per heavy atom. The third-order valence-electron chi connectivity index (χ3n) is 10.3. The predicted octanol–water partition coefficient (Wildman–Crippen LogP) is 12.8. The van der Waals surface area contributed by atoms with Gasteiger partial charge in [-0.05, 0) is 36.8 Å². The maximum Gasteiger partial charge on any atom is 0.258 e. The molecule has 2 nitrogen and oxygen atoms in total. The van der Waals surface area contributed by atoms with Gasteiger partial charge in [-0.15, -0.1) is 0 Å². The molecule has 45 heavy (non-hydrogen) atoms. The van der Waals surface area contributed by atoms with Crippen molar-refractivity contribution in [3.05, 3.63) is 90.0 Å². The molecule has 0 saturated heterocycles. The Labute approximate surface area is 278 Å². The Hall–Kier alpha value is -2.35. The van der Waals surface area contributed by atoms with E-state index in [1.54, 1.807) is 0 Å². The third kappa shape index (κ3) is 13.9. The number of imidazole rings is 1. The number of benzene rings is 2. The highest BCUT2D eigenvalue weighted by Crippen LogP contribution is 2.43. The van der Waals surface area contributed by atoms with Crippen LogP contribution in [0.5, 0.6) is 0 Å². The molecule has 0 bridgehead atoms. The number of rotatable bonds is 27. The van der Waals surface area contributed by atoms with Crippen molar-refractivity contribution in [3.8, 4) is 0 Å². The number of H-pyrrole nitrogens is 1. The zero-order valence-corrected chi connectivity index (χ0v) is 29.7. The smallest absolute Gasteiger partial charge is 0.247 e. The van der Waals surface area contributed by atoms with Gasteiger partial charge in [-0.2, -0.15) is 0 Å². The van der Waals surface area contributed by atoms with Gasteiger partial charge in [-0.3, -0.25) is 0 Å². The fraction of sp³-hybridized carbons (Fsp3) is 0.651. The Bertz CT molecular complexity index is 1090. The molecule has 0 amide bonds. The fourth-order valence-corrected chi connectivity index (χ4v) is 7.50. The van der Waals surface area contributed by atoms with E-state index < -0.39 is 0 Å². The molecule has 2 unspecified atom stereocenters. The summed E-state index contributed by atoms with van der Waals surface area (Å²) in [5, 5.41) is 0. The largest absolute Gasteiger partial charge is 0.258 e. The van der Waals surface area contributed by atoms with E-state index in [0.29, 0.717) is 5.92 Å². The molecule has 2 aromatic carbocycles. The molecule has 0 fully saturated rings. The van der Waals surface area contributed by atoms with Crippen molar-refractivity contribution >= 4 is 0 Å². The summed E-state index contributed by atoms with van der Waals surface area (Å²) < 4.78 is 2.57. The minimum atomic E-state index is 0.00683. The molecular weight excluding hydrogens is 544 g/mol. The Balaban J connectivity index is 1.61. The van der Waals surface area contributed by atoms with Crippen LogP contribution >= 0.6 is 0 Å². The summed E-state index contributed by atoms with van der Waals surface area (Å²) in [7, 11) is 0. The summed E-state index contributed by atoms with van der Waals surface area (Å²) >= 11 is 0. The van der Waals surface area contributed by atoms with E-state index in [4.69, 9.17) is 0 Å². The second-order valence-corrected chi connectivity index (χ2v) is 14.2. The van der Waals surface area contributed by atoms with Gasteiger partial charge in [0.25, 0.3) is 5.82 Å². The number of hydrogen-bond donors (Lipinski definition) is 1. The molecule has 2 atom stereocenters. The molecule has 3 aromatic rings. The fourth-order valence-electron chi connectivity index (χ4n) is 7.50. The zero-order valence-electron chi connectivity index (χ0n) is 29.7. The third-order valence-corrected chi connectivity index (χ3v) is 10.3. The first-order valence-corrected chi connectivity index (χ1v) is 19.3. The van der Waals surface area contributed by atoms with Crippen molar-refractivity contribution in [1.29, 1.82) is 0 Å². The van der Waals surface area contributed by atoms with Crippen molar-refractivity contribution in [2.24, 2.45) is 0 Å². The van der Waals surface area contributed by atoms with Crippen LogP contribution in [0.1, 0.15) is 178 Å². The SMILES string of the molecule is CCCCCCCCCCCCCCCCC(c1[nH]cc[n+]1CCCCCCCC)C(C)(Cc1ccccc1)c1ccccc1. The number of unbranched alkanes of at least 4 members (excludes halogenated alkanes) is 18. The number of aromatic amines is 1. The van der Waals surface area contributed by atoms with Gasteiger partial charge < -0.3 is 0 Å². The highest BCUT2D eigenvalue weighted by atomic mass is 15.1. The van der Waals surface area contributed by atoms with Crippen LogP contribution in [-0.4, -0.2) is 4.98 Å². The molecule has 2 heteroatoms. The first-order chi connectivity index (χ1) is 22.2. The molecule has 1 aromatic heterocycles. The second-order valence-electron chi connectivity index (χ2n) is 14.2.